The first kappa shape index (κ1) is 14.2. The predicted octanol–water partition coefficient (Wildman–Crippen LogP) is 2.34. The molecule has 0 saturated heterocycles. The summed E-state index contributed by atoms with van der Waals surface area (Å²) < 4.78 is 78.8. The summed E-state index contributed by atoms with van der Waals surface area (Å²) >= 11 is 0. The van der Waals surface area contributed by atoms with Gasteiger partial charge in [-0.25, -0.2) is 0 Å². The van der Waals surface area contributed by atoms with Gasteiger partial charge in [0, 0.05) is 0 Å². The van der Waals surface area contributed by atoms with Crippen LogP contribution in [-0.2, 0) is 12.4 Å². The zero-order valence-electron chi connectivity index (χ0n) is 8.56. The lowest BCUT2D eigenvalue weighted by Crippen LogP contribution is -2.21. The molecule has 1 heterocycles. The molecular formula is C8H4F6N2O2. The second-order valence-corrected chi connectivity index (χ2v) is 2.93. The van der Waals surface area contributed by atoms with Gasteiger partial charge in [0.05, 0.1) is 12.7 Å². The molecule has 0 aliphatic heterocycles. The summed E-state index contributed by atoms with van der Waals surface area (Å²) in [5, 5.41) is 0. The van der Waals surface area contributed by atoms with E-state index in [9.17, 15) is 31.1 Å². The molecule has 0 aliphatic carbocycles. The number of halogens is 6. The Kier molecular flexibility index (Phi) is 3.49. The van der Waals surface area contributed by atoms with E-state index in [4.69, 9.17) is 0 Å². The highest BCUT2D eigenvalue weighted by Crippen LogP contribution is 2.37. The number of hydrogen-bond acceptors (Lipinski definition) is 4. The van der Waals surface area contributed by atoms with E-state index in [2.05, 4.69) is 14.7 Å². The molecule has 4 nitrogen and oxygen atoms in total. The molecule has 1 aromatic heterocycles. The number of aromatic nitrogens is 2. The fourth-order valence-corrected chi connectivity index (χ4v) is 1.08. The van der Waals surface area contributed by atoms with E-state index in [0.29, 0.717) is 0 Å². The Balaban J connectivity index is 3.66. The summed E-state index contributed by atoms with van der Waals surface area (Å²) in [4.78, 5) is 15.9. The van der Waals surface area contributed by atoms with E-state index in [1.54, 1.807) is 0 Å². The first-order chi connectivity index (χ1) is 8.11. The van der Waals surface area contributed by atoms with E-state index in [0.717, 1.165) is 7.11 Å². The Bertz CT molecular complexity index is 433. The van der Waals surface area contributed by atoms with Crippen molar-refractivity contribution < 1.29 is 35.9 Å². The quantitative estimate of drug-likeness (QED) is 0.613. The smallest absolute Gasteiger partial charge is 0.434 e. The monoisotopic (exact) mass is 274 g/mol. The number of hydrogen-bond donors (Lipinski definition) is 0. The molecule has 1 rings (SSSR count). The van der Waals surface area contributed by atoms with Crippen LogP contribution in [0.4, 0.5) is 26.3 Å². The molecule has 1 aromatic rings. The summed E-state index contributed by atoms with van der Waals surface area (Å²) in [5.41, 5.74) is -5.65. The number of ether oxygens (including phenoxy) is 1. The van der Waals surface area contributed by atoms with Gasteiger partial charge < -0.3 is 4.74 Å². The lowest BCUT2D eigenvalue weighted by Gasteiger charge is -2.14. The number of methoxy groups -OCH3 is 1. The third-order valence-electron chi connectivity index (χ3n) is 1.76. The average molecular weight is 274 g/mol. The Hall–Kier alpha value is -1.87. The maximum Gasteiger partial charge on any atom is 0.434 e. The summed E-state index contributed by atoms with van der Waals surface area (Å²) in [6.07, 6.45) is -11.1. The second-order valence-electron chi connectivity index (χ2n) is 2.93. The van der Waals surface area contributed by atoms with E-state index in [-0.39, 0.29) is 0 Å². The fourth-order valence-electron chi connectivity index (χ4n) is 1.08. The van der Waals surface area contributed by atoms with Crippen molar-refractivity contribution in [1.29, 1.82) is 0 Å². The molecule has 100 valence electrons. The van der Waals surface area contributed by atoms with Crippen LogP contribution in [-0.4, -0.2) is 23.4 Å². The molecule has 10 heteroatoms. The maximum atomic E-state index is 12.4. The highest BCUT2D eigenvalue weighted by molar-refractivity contribution is 5.78. The van der Waals surface area contributed by atoms with Gasteiger partial charge in [0.15, 0.2) is 17.7 Å². The summed E-state index contributed by atoms with van der Waals surface area (Å²) in [6.45, 7) is 0. The Morgan fingerprint density at radius 3 is 1.61 bits per heavy atom. The SMILES string of the molecule is COc1nc(C(F)(F)F)c(C=O)c(C(F)(F)F)n1. The van der Waals surface area contributed by atoms with Crippen molar-refractivity contribution in [1.82, 2.24) is 9.97 Å². The van der Waals surface area contributed by atoms with Crippen LogP contribution < -0.4 is 4.74 Å². The molecule has 0 atom stereocenters. The van der Waals surface area contributed by atoms with Crippen molar-refractivity contribution in [2.45, 2.75) is 12.4 Å². The summed E-state index contributed by atoms with van der Waals surface area (Å²) in [5.74, 6) is 0. The van der Waals surface area contributed by atoms with Crippen LogP contribution >= 0.6 is 0 Å². The molecule has 0 amide bonds. The minimum Gasteiger partial charge on any atom is -0.467 e. The van der Waals surface area contributed by atoms with Crippen molar-refractivity contribution in [2.24, 2.45) is 0 Å². The molecular weight excluding hydrogens is 270 g/mol. The molecule has 0 bridgehead atoms. The van der Waals surface area contributed by atoms with E-state index in [1.807, 2.05) is 0 Å². The third kappa shape index (κ3) is 2.68. The largest absolute Gasteiger partial charge is 0.467 e. The third-order valence-corrected chi connectivity index (χ3v) is 1.76. The van der Waals surface area contributed by atoms with Crippen LogP contribution in [0.1, 0.15) is 21.7 Å². The minimum absolute atomic E-state index is 0.592. The van der Waals surface area contributed by atoms with E-state index < -0.39 is 41.6 Å². The van der Waals surface area contributed by atoms with Crippen molar-refractivity contribution >= 4 is 6.29 Å². The molecule has 18 heavy (non-hydrogen) atoms. The zero-order chi connectivity index (χ0) is 14.1. The number of rotatable bonds is 2. The minimum atomic E-state index is -5.23. The van der Waals surface area contributed by atoms with Crippen LogP contribution in [0.3, 0.4) is 0 Å². The van der Waals surface area contributed by atoms with Crippen LogP contribution in [0.2, 0.25) is 0 Å². The standard InChI is InChI=1S/C8H4F6N2O2/c1-18-6-15-4(7(9,10)11)3(2-17)5(16-6)8(12,13)14/h2H,1H3. The van der Waals surface area contributed by atoms with Gasteiger partial charge in [-0.15, -0.1) is 0 Å². The number of carbonyl (C=O) groups is 1. The molecule has 0 aliphatic rings. The average Bonchev–Trinajstić information content (AvgIpc) is 2.24. The van der Waals surface area contributed by atoms with Crippen molar-refractivity contribution in [3.05, 3.63) is 17.0 Å². The topological polar surface area (TPSA) is 52.1 Å². The first-order valence-corrected chi connectivity index (χ1v) is 4.17. The molecule has 0 spiro atoms. The van der Waals surface area contributed by atoms with Crippen LogP contribution in [0.15, 0.2) is 0 Å². The lowest BCUT2D eigenvalue weighted by atomic mass is 10.1. The Morgan fingerprint density at radius 2 is 1.39 bits per heavy atom. The zero-order valence-corrected chi connectivity index (χ0v) is 8.56. The van der Waals surface area contributed by atoms with E-state index in [1.165, 1.54) is 0 Å². The van der Waals surface area contributed by atoms with Crippen molar-refractivity contribution in [3.63, 3.8) is 0 Å². The van der Waals surface area contributed by atoms with Crippen LogP contribution in [0.25, 0.3) is 0 Å². The molecule has 0 fully saturated rings. The van der Waals surface area contributed by atoms with Crippen LogP contribution in [0.5, 0.6) is 6.01 Å². The molecule has 0 unspecified atom stereocenters. The molecule has 0 radical (unpaired) electrons. The highest BCUT2D eigenvalue weighted by atomic mass is 19.4. The van der Waals surface area contributed by atoms with Crippen molar-refractivity contribution in [3.8, 4) is 6.01 Å². The highest BCUT2D eigenvalue weighted by Gasteiger charge is 2.44. The number of carbonyl (C=O) groups excluding carboxylic acids is 1. The van der Waals surface area contributed by atoms with Gasteiger partial charge in [0.25, 0.3) is 0 Å². The fraction of sp³-hybridized carbons (Fsp3) is 0.375. The van der Waals surface area contributed by atoms with Gasteiger partial charge in [0.1, 0.15) is 0 Å². The van der Waals surface area contributed by atoms with Gasteiger partial charge in [0.2, 0.25) is 0 Å². The maximum absolute atomic E-state index is 12.4. The number of aldehydes is 1. The van der Waals surface area contributed by atoms with Gasteiger partial charge >= 0.3 is 18.4 Å². The van der Waals surface area contributed by atoms with Gasteiger partial charge in [-0.3, -0.25) is 4.79 Å². The van der Waals surface area contributed by atoms with Gasteiger partial charge in [-0.2, -0.15) is 36.3 Å². The Labute approximate surface area is 95.6 Å². The van der Waals surface area contributed by atoms with E-state index >= 15 is 0 Å². The first-order valence-electron chi connectivity index (χ1n) is 4.17. The Morgan fingerprint density at radius 1 is 1.00 bits per heavy atom. The molecule has 0 saturated carbocycles. The molecule has 0 N–H and O–H groups in total. The second kappa shape index (κ2) is 4.42. The van der Waals surface area contributed by atoms with Crippen LogP contribution in [0, 0.1) is 0 Å². The number of nitrogens with zero attached hydrogens (tertiary/aromatic N) is 2. The van der Waals surface area contributed by atoms with Gasteiger partial charge in [-0.05, 0) is 0 Å². The summed E-state index contributed by atoms with van der Waals surface area (Å²) in [7, 11) is 0.802. The summed E-state index contributed by atoms with van der Waals surface area (Å²) in [6, 6.07) is -1.12. The molecule has 0 aromatic carbocycles. The van der Waals surface area contributed by atoms with Crippen molar-refractivity contribution in [2.75, 3.05) is 7.11 Å². The number of alkyl halides is 6. The normalized spacial score (nSPS) is 12.4. The lowest BCUT2D eigenvalue weighted by molar-refractivity contribution is -0.148. The van der Waals surface area contributed by atoms with Gasteiger partial charge in [-0.1, -0.05) is 0 Å². The predicted molar refractivity (Wildman–Crippen MR) is 44.0 cm³/mol.